The molecule has 11 nitrogen and oxygen atoms in total. The third-order valence-electron chi connectivity index (χ3n) is 5.12. The number of nitrogens with two attached hydrogens (primary N) is 2. The molecule has 3 heterocycles. The van der Waals surface area contributed by atoms with Crippen LogP contribution in [0.1, 0.15) is 32.0 Å². The molecule has 4 aromatic rings. The van der Waals surface area contributed by atoms with Crippen LogP contribution in [-0.4, -0.2) is 53.3 Å². The summed E-state index contributed by atoms with van der Waals surface area (Å²) in [5.41, 5.74) is 13.8. The third-order valence-corrected chi connectivity index (χ3v) is 5.12. The third kappa shape index (κ3) is 5.51. The topological polar surface area (TPSA) is 171 Å². The van der Waals surface area contributed by atoms with Gasteiger partial charge in [0, 0.05) is 18.7 Å². The normalized spacial score (nSPS) is 12.4. The second-order valence-electron chi connectivity index (χ2n) is 8.61. The fraction of sp³-hybridized carbons (Fsp3) is 0.333. The number of hydrogen-bond donors (Lipinski definition) is 4. The highest BCUT2D eigenvalue weighted by Gasteiger charge is 2.22. The maximum atomic E-state index is 10.1. The fourth-order valence-corrected chi connectivity index (χ4v) is 3.51. The number of imidazole rings is 1. The first-order valence-electron chi connectivity index (χ1n) is 11.1. The maximum absolute atomic E-state index is 10.1. The van der Waals surface area contributed by atoms with Crippen molar-refractivity contribution in [3.63, 3.8) is 0 Å². The van der Waals surface area contributed by atoms with Crippen LogP contribution in [0.5, 0.6) is 11.6 Å². The Balaban J connectivity index is 1.69. The highest BCUT2D eigenvalue weighted by Crippen LogP contribution is 2.30. The monoisotopic (exact) mass is 477 g/mol. The van der Waals surface area contributed by atoms with E-state index >= 15 is 0 Å². The van der Waals surface area contributed by atoms with E-state index in [4.69, 9.17) is 20.8 Å². The van der Waals surface area contributed by atoms with Gasteiger partial charge in [-0.25, -0.2) is 14.6 Å². The van der Waals surface area contributed by atoms with Gasteiger partial charge in [0.1, 0.15) is 29.2 Å². The number of ether oxygens (including phenoxy) is 1. The summed E-state index contributed by atoms with van der Waals surface area (Å²) in [5, 5.41) is 27.1. The molecule has 1 aromatic carbocycles. The van der Waals surface area contributed by atoms with Gasteiger partial charge in [-0.05, 0) is 61.1 Å². The van der Waals surface area contributed by atoms with Crippen molar-refractivity contribution in [2.24, 2.45) is 5.73 Å². The van der Waals surface area contributed by atoms with Crippen LogP contribution in [0.25, 0.3) is 22.6 Å². The van der Waals surface area contributed by atoms with E-state index in [1.54, 1.807) is 32.0 Å². The highest BCUT2D eigenvalue weighted by atomic mass is 16.6. The number of phenols is 1. The van der Waals surface area contributed by atoms with Crippen molar-refractivity contribution >= 4 is 16.9 Å². The molecule has 11 heteroatoms. The number of hydrogen-bond acceptors (Lipinski definition) is 10. The highest BCUT2D eigenvalue weighted by molar-refractivity contribution is 5.86. The van der Waals surface area contributed by atoms with E-state index in [1.165, 1.54) is 0 Å². The van der Waals surface area contributed by atoms with Gasteiger partial charge in [0.2, 0.25) is 5.88 Å². The molecule has 0 saturated heterocycles. The first kappa shape index (κ1) is 24.0. The van der Waals surface area contributed by atoms with Gasteiger partial charge < -0.3 is 31.0 Å². The molecule has 0 unspecified atom stereocenters. The van der Waals surface area contributed by atoms with Crippen LogP contribution in [0.4, 0.5) is 5.82 Å². The molecule has 35 heavy (non-hydrogen) atoms. The molecule has 4 rings (SSSR count). The summed E-state index contributed by atoms with van der Waals surface area (Å²) < 4.78 is 12.6. The van der Waals surface area contributed by atoms with Crippen molar-refractivity contribution in [2.75, 3.05) is 12.3 Å². The molecule has 0 aliphatic heterocycles. The summed E-state index contributed by atoms with van der Waals surface area (Å²) in [4.78, 5) is 9.18. The number of aliphatic hydroxyl groups is 1. The van der Waals surface area contributed by atoms with Gasteiger partial charge in [0.25, 0.3) is 0 Å². The van der Waals surface area contributed by atoms with Crippen molar-refractivity contribution in [1.29, 1.82) is 0 Å². The lowest BCUT2D eigenvalue weighted by Crippen LogP contribution is -2.30. The second-order valence-corrected chi connectivity index (χ2v) is 8.61. The van der Waals surface area contributed by atoms with E-state index in [0.717, 1.165) is 5.56 Å². The van der Waals surface area contributed by atoms with Gasteiger partial charge in [-0.1, -0.05) is 18.1 Å². The van der Waals surface area contributed by atoms with E-state index in [9.17, 15) is 10.2 Å². The number of nitrogen functional groups attached to an aromatic ring is 1. The Labute approximate surface area is 201 Å². The van der Waals surface area contributed by atoms with Crippen LogP contribution in [0.15, 0.2) is 35.0 Å². The summed E-state index contributed by atoms with van der Waals surface area (Å²) in [5.74, 6) is 6.77. The van der Waals surface area contributed by atoms with Crippen LogP contribution in [0, 0.1) is 11.8 Å². The van der Waals surface area contributed by atoms with Crippen LogP contribution in [0.3, 0.4) is 0 Å². The molecule has 3 aromatic heterocycles. The number of aryl methyl sites for hydroxylation is 1. The van der Waals surface area contributed by atoms with Gasteiger partial charge in [0.15, 0.2) is 17.3 Å². The summed E-state index contributed by atoms with van der Waals surface area (Å²) >= 11 is 0. The van der Waals surface area contributed by atoms with E-state index in [2.05, 4.69) is 32.1 Å². The average molecular weight is 478 g/mol. The first-order valence-corrected chi connectivity index (χ1v) is 11.1. The number of aromatic hydroxyl groups is 1. The van der Waals surface area contributed by atoms with Gasteiger partial charge in [-0.3, -0.25) is 0 Å². The summed E-state index contributed by atoms with van der Waals surface area (Å²) in [6, 6.07) is 8.31. The van der Waals surface area contributed by atoms with Gasteiger partial charge >= 0.3 is 0 Å². The van der Waals surface area contributed by atoms with E-state index in [0.29, 0.717) is 47.1 Å². The zero-order valence-electron chi connectivity index (χ0n) is 19.7. The molecule has 0 bridgehead atoms. The lowest BCUT2D eigenvalue weighted by atomic mass is 10.1. The quantitative estimate of drug-likeness (QED) is 0.288. The zero-order valence-corrected chi connectivity index (χ0v) is 19.7. The van der Waals surface area contributed by atoms with Gasteiger partial charge in [-0.2, -0.15) is 0 Å². The Morgan fingerprint density at radius 2 is 1.94 bits per heavy atom. The number of anilines is 1. The molecule has 182 valence electrons. The number of pyridine rings is 1. The predicted molar refractivity (Wildman–Crippen MR) is 129 cm³/mol. The van der Waals surface area contributed by atoms with Crippen molar-refractivity contribution in [3.05, 3.63) is 41.6 Å². The lowest BCUT2D eigenvalue weighted by Gasteiger charge is -2.14. The molecular weight excluding hydrogens is 450 g/mol. The smallest absolute Gasteiger partial charge is 0.216 e. The van der Waals surface area contributed by atoms with Crippen LogP contribution in [0.2, 0.25) is 0 Å². The Hall–Kier alpha value is -4.14. The average Bonchev–Trinajstić information content (AvgIpc) is 3.39. The number of rotatable bonds is 7. The Morgan fingerprint density at radius 3 is 2.57 bits per heavy atom. The van der Waals surface area contributed by atoms with Gasteiger partial charge in [0.05, 0.1) is 5.52 Å². The van der Waals surface area contributed by atoms with E-state index < -0.39 is 5.60 Å². The maximum Gasteiger partial charge on any atom is 0.216 e. The molecular formula is C24H27N7O4. The SMILES string of the molecule is CCn1c(-c2nonc2N)nc2c(C#CC(C)(C)O)nc(OC[C@@H](N)Cc3ccc(O)cc3)cc21. The largest absolute Gasteiger partial charge is 0.508 e. The standard InChI is InChI=1S/C24H27N7O4/c1-4-31-18-12-19(34-13-15(25)11-14-5-7-16(32)8-6-14)27-17(9-10-24(2,3)33)20(18)28-23(31)21-22(26)30-35-29-21/h5-8,12,15,32-33H,4,11,13,25H2,1-3H3,(H2,26,30)/t15-/m0/s1. The minimum Gasteiger partial charge on any atom is -0.508 e. The second kappa shape index (κ2) is 9.61. The lowest BCUT2D eigenvalue weighted by molar-refractivity contribution is 0.143. The van der Waals surface area contributed by atoms with Crippen LogP contribution < -0.4 is 16.2 Å². The van der Waals surface area contributed by atoms with E-state index in [-0.39, 0.29) is 24.2 Å². The minimum absolute atomic E-state index is 0.115. The number of aromatic nitrogens is 5. The van der Waals surface area contributed by atoms with Crippen molar-refractivity contribution < 1.29 is 19.6 Å². The molecule has 0 aliphatic rings. The molecule has 0 aliphatic carbocycles. The summed E-state index contributed by atoms with van der Waals surface area (Å²) in [6.45, 7) is 5.85. The first-order chi connectivity index (χ1) is 16.6. The summed E-state index contributed by atoms with van der Waals surface area (Å²) in [7, 11) is 0. The Bertz CT molecular complexity index is 1390. The number of benzene rings is 1. The Kier molecular flexibility index (Phi) is 6.59. The fourth-order valence-electron chi connectivity index (χ4n) is 3.51. The Morgan fingerprint density at radius 1 is 1.20 bits per heavy atom. The molecule has 6 N–H and O–H groups in total. The number of nitrogens with zero attached hydrogens (tertiary/aromatic N) is 5. The zero-order chi connectivity index (χ0) is 25.2. The molecule has 0 spiro atoms. The van der Waals surface area contributed by atoms with Gasteiger partial charge in [-0.15, -0.1) is 0 Å². The predicted octanol–water partition coefficient (Wildman–Crippen LogP) is 1.86. The number of fused-ring (bicyclic) bond motifs is 1. The van der Waals surface area contributed by atoms with Crippen molar-refractivity contribution in [1.82, 2.24) is 24.8 Å². The van der Waals surface area contributed by atoms with Crippen LogP contribution >= 0.6 is 0 Å². The number of phenolic OH excluding ortho intramolecular Hbond substituents is 1. The minimum atomic E-state index is -1.23. The molecule has 0 saturated carbocycles. The van der Waals surface area contributed by atoms with Crippen LogP contribution in [-0.2, 0) is 13.0 Å². The molecule has 0 fully saturated rings. The summed E-state index contributed by atoms with van der Waals surface area (Å²) in [6.07, 6.45) is 0.559. The van der Waals surface area contributed by atoms with E-state index in [1.807, 2.05) is 23.6 Å². The molecule has 0 amide bonds. The molecule has 0 radical (unpaired) electrons. The van der Waals surface area contributed by atoms with Crippen molar-refractivity contribution in [2.45, 2.75) is 45.4 Å². The molecule has 1 atom stereocenters. The van der Waals surface area contributed by atoms with Crippen molar-refractivity contribution in [3.8, 4) is 35.0 Å².